The maximum Gasteiger partial charge on any atom is 0.320 e. The zero-order valence-corrected chi connectivity index (χ0v) is 12.3. The van der Waals surface area contributed by atoms with E-state index in [-0.39, 0.29) is 18.1 Å². The molecule has 0 saturated carbocycles. The van der Waals surface area contributed by atoms with Gasteiger partial charge in [-0.05, 0) is 20.8 Å². The Balaban J connectivity index is 2.03. The lowest BCUT2D eigenvalue weighted by molar-refractivity contribution is -0.152. The van der Waals surface area contributed by atoms with Crippen LogP contribution in [0.2, 0.25) is 0 Å². The van der Waals surface area contributed by atoms with Crippen molar-refractivity contribution in [1.29, 1.82) is 0 Å². The van der Waals surface area contributed by atoms with E-state index in [1.54, 1.807) is 14.7 Å². The van der Waals surface area contributed by atoms with Gasteiger partial charge in [0.05, 0.1) is 6.04 Å². The summed E-state index contributed by atoms with van der Waals surface area (Å²) in [6, 6.07) is 0.0495. The van der Waals surface area contributed by atoms with Crippen molar-refractivity contribution in [2.24, 2.45) is 0 Å². The number of carbonyl (C=O) groups is 3. The van der Waals surface area contributed by atoms with E-state index >= 15 is 0 Å². The highest BCUT2D eigenvalue weighted by Crippen LogP contribution is 2.15. The predicted octanol–water partition coefficient (Wildman–Crippen LogP) is -0.521. The molecule has 2 aliphatic heterocycles. The summed E-state index contributed by atoms with van der Waals surface area (Å²) >= 11 is 0. The number of nitrogens with one attached hydrogen (secondary N) is 1. The fourth-order valence-corrected chi connectivity index (χ4v) is 2.79. The predicted molar refractivity (Wildman–Crippen MR) is 73.0 cm³/mol. The van der Waals surface area contributed by atoms with E-state index in [0.29, 0.717) is 32.7 Å². The molecule has 0 aromatic rings. The largest absolute Gasteiger partial charge is 0.346 e. The summed E-state index contributed by atoms with van der Waals surface area (Å²) in [4.78, 5) is 40.7. The number of fused-ring (bicyclic) bond motifs is 1. The minimum Gasteiger partial charge on any atom is -0.346 e. The van der Waals surface area contributed by atoms with Gasteiger partial charge in [-0.1, -0.05) is 0 Å². The lowest BCUT2D eigenvalue weighted by Crippen LogP contribution is -2.67. The number of carbonyl (C=O) groups excluding carboxylic acids is 3. The van der Waals surface area contributed by atoms with Crippen LogP contribution in [0.25, 0.3) is 0 Å². The third-order valence-corrected chi connectivity index (χ3v) is 3.92. The first-order valence-electron chi connectivity index (χ1n) is 7.10. The summed E-state index contributed by atoms with van der Waals surface area (Å²) in [5, 5.41) is 2.57. The van der Waals surface area contributed by atoms with Gasteiger partial charge in [0, 0.05) is 38.8 Å². The molecule has 2 fully saturated rings. The number of amides is 4. The van der Waals surface area contributed by atoms with Crippen molar-refractivity contribution < 1.29 is 14.4 Å². The van der Waals surface area contributed by atoms with Crippen molar-refractivity contribution in [2.45, 2.75) is 32.9 Å². The van der Waals surface area contributed by atoms with Crippen LogP contribution in [-0.2, 0) is 9.59 Å². The summed E-state index contributed by atoms with van der Waals surface area (Å²) in [7, 11) is 0. The molecule has 2 heterocycles. The number of hydrogen-bond donors (Lipinski definition) is 1. The first-order valence-corrected chi connectivity index (χ1v) is 7.10. The zero-order valence-electron chi connectivity index (χ0n) is 12.3. The SMILES string of the molecule is CCN(C(=O)N1CCN2C(=O)C(=O)NC[C@@H]2C1)C(C)C. The molecule has 4 amide bonds. The molecule has 2 rings (SSSR count). The molecule has 1 atom stereocenters. The summed E-state index contributed by atoms with van der Waals surface area (Å²) in [5.41, 5.74) is 0. The van der Waals surface area contributed by atoms with E-state index in [0.717, 1.165) is 0 Å². The molecule has 0 aromatic carbocycles. The molecular weight excluding hydrogens is 260 g/mol. The molecule has 0 aliphatic carbocycles. The van der Waals surface area contributed by atoms with Crippen molar-refractivity contribution in [2.75, 3.05) is 32.7 Å². The monoisotopic (exact) mass is 282 g/mol. The molecule has 0 aromatic heterocycles. The van der Waals surface area contributed by atoms with Crippen molar-refractivity contribution in [3.05, 3.63) is 0 Å². The molecule has 20 heavy (non-hydrogen) atoms. The molecule has 0 radical (unpaired) electrons. The smallest absolute Gasteiger partial charge is 0.320 e. The van der Waals surface area contributed by atoms with Crippen LogP contribution >= 0.6 is 0 Å². The first kappa shape index (κ1) is 14.6. The molecule has 7 nitrogen and oxygen atoms in total. The topological polar surface area (TPSA) is 73.0 Å². The van der Waals surface area contributed by atoms with Crippen molar-refractivity contribution in [3.63, 3.8) is 0 Å². The van der Waals surface area contributed by atoms with E-state index < -0.39 is 11.8 Å². The maximum atomic E-state index is 12.5. The molecule has 0 unspecified atom stereocenters. The van der Waals surface area contributed by atoms with Gasteiger partial charge in [0.25, 0.3) is 0 Å². The van der Waals surface area contributed by atoms with Crippen LogP contribution < -0.4 is 5.32 Å². The molecule has 2 aliphatic rings. The van der Waals surface area contributed by atoms with Crippen molar-refractivity contribution >= 4 is 17.8 Å². The van der Waals surface area contributed by atoms with Crippen LogP contribution in [0.15, 0.2) is 0 Å². The Morgan fingerprint density at radius 3 is 2.70 bits per heavy atom. The molecule has 1 N–H and O–H groups in total. The Bertz CT molecular complexity index is 424. The minimum absolute atomic E-state index is 0.00602. The highest BCUT2D eigenvalue weighted by molar-refractivity contribution is 6.35. The Kier molecular flexibility index (Phi) is 4.15. The summed E-state index contributed by atoms with van der Waals surface area (Å²) in [6.07, 6.45) is 0. The number of piperazine rings is 2. The van der Waals surface area contributed by atoms with E-state index in [4.69, 9.17) is 0 Å². The van der Waals surface area contributed by atoms with Crippen LogP contribution in [0.3, 0.4) is 0 Å². The highest BCUT2D eigenvalue weighted by atomic mass is 16.2. The van der Waals surface area contributed by atoms with E-state index in [1.807, 2.05) is 20.8 Å². The summed E-state index contributed by atoms with van der Waals surface area (Å²) in [6.45, 7) is 8.41. The van der Waals surface area contributed by atoms with Crippen LogP contribution in [0.4, 0.5) is 4.79 Å². The number of nitrogens with zero attached hydrogens (tertiary/aromatic N) is 3. The van der Waals surface area contributed by atoms with Gasteiger partial charge >= 0.3 is 17.8 Å². The number of rotatable bonds is 2. The fraction of sp³-hybridized carbons (Fsp3) is 0.769. The molecule has 7 heteroatoms. The van der Waals surface area contributed by atoms with E-state index in [2.05, 4.69) is 5.32 Å². The third kappa shape index (κ3) is 2.57. The van der Waals surface area contributed by atoms with Gasteiger partial charge < -0.3 is 20.0 Å². The maximum absolute atomic E-state index is 12.5. The van der Waals surface area contributed by atoms with Gasteiger partial charge in [0.1, 0.15) is 0 Å². The van der Waals surface area contributed by atoms with Gasteiger partial charge in [0.15, 0.2) is 0 Å². The molecular formula is C13H22N4O3. The van der Waals surface area contributed by atoms with E-state index in [9.17, 15) is 14.4 Å². The average Bonchev–Trinajstić information content (AvgIpc) is 2.43. The lowest BCUT2D eigenvalue weighted by atomic mass is 10.1. The summed E-state index contributed by atoms with van der Waals surface area (Å²) in [5.74, 6) is -1.03. The molecule has 2 saturated heterocycles. The average molecular weight is 282 g/mol. The standard InChI is InChI=1S/C13H22N4O3/c1-4-16(9(2)3)13(20)15-5-6-17-10(8-15)7-14-11(18)12(17)19/h9-10H,4-8H2,1-3H3,(H,14,18)/t10-/m1/s1. The summed E-state index contributed by atoms with van der Waals surface area (Å²) < 4.78 is 0. The Morgan fingerprint density at radius 2 is 2.10 bits per heavy atom. The van der Waals surface area contributed by atoms with Crippen LogP contribution in [0.5, 0.6) is 0 Å². The fourth-order valence-electron chi connectivity index (χ4n) is 2.79. The minimum atomic E-state index is -0.543. The number of urea groups is 1. The first-order chi connectivity index (χ1) is 9.45. The van der Waals surface area contributed by atoms with Crippen LogP contribution in [-0.4, -0.2) is 77.4 Å². The Labute approximate surface area is 118 Å². The van der Waals surface area contributed by atoms with E-state index in [1.165, 1.54) is 0 Å². The van der Waals surface area contributed by atoms with Gasteiger partial charge in [-0.3, -0.25) is 9.59 Å². The van der Waals surface area contributed by atoms with Crippen LogP contribution in [0, 0.1) is 0 Å². The molecule has 112 valence electrons. The molecule has 0 spiro atoms. The van der Waals surface area contributed by atoms with Crippen molar-refractivity contribution in [1.82, 2.24) is 20.0 Å². The van der Waals surface area contributed by atoms with Gasteiger partial charge in [-0.2, -0.15) is 0 Å². The van der Waals surface area contributed by atoms with Gasteiger partial charge in [-0.25, -0.2) is 4.79 Å². The number of hydrogen-bond acceptors (Lipinski definition) is 3. The Hall–Kier alpha value is -1.79. The second-order valence-corrected chi connectivity index (χ2v) is 5.47. The van der Waals surface area contributed by atoms with Crippen LogP contribution in [0.1, 0.15) is 20.8 Å². The van der Waals surface area contributed by atoms with Gasteiger partial charge in [-0.15, -0.1) is 0 Å². The third-order valence-electron chi connectivity index (χ3n) is 3.92. The highest BCUT2D eigenvalue weighted by Gasteiger charge is 2.39. The quantitative estimate of drug-likeness (QED) is 0.693. The lowest BCUT2D eigenvalue weighted by Gasteiger charge is -2.44. The normalized spacial score (nSPS) is 22.7. The zero-order chi connectivity index (χ0) is 14.9. The van der Waals surface area contributed by atoms with Crippen molar-refractivity contribution in [3.8, 4) is 0 Å². The molecule has 0 bridgehead atoms. The second kappa shape index (κ2) is 5.68. The Morgan fingerprint density at radius 1 is 1.40 bits per heavy atom. The van der Waals surface area contributed by atoms with Gasteiger partial charge in [0.2, 0.25) is 0 Å². The second-order valence-electron chi connectivity index (χ2n) is 5.47.